The lowest BCUT2D eigenvalue weighted by atomic mass is 9.81. The fraction of sp³-hybridized carbons (Fsp3) is 0.500. The summed E-state index contributed by atoms with van der Waals surface area (Å²) in [7, 11) is 1.70. The van der Waals surface area contributed by atoms with Gasteiger partial charge in [0, 0.05) is 19.5 Å². The molecule has 1 saturated carbocycles. The van der Waals surface area contributed by atoms with Crippen LogP contribution >= 0.6 is 0 Å². The molecule has 0 aliphatic heterocycles. The molecule has 5 heteroatoms. The fourth-order valence-corrected chi connectivity index (χ4v) is 2.89. The molecule has 0 unspecified atom stereocenters. The van der Waals surface area contributed by atoms with Crippen molar-refractivity contribution in [3.8, 4) is 0 Å². The molecule has 0 bridgehead atoms. The number of hydrogen-bond acceptors (Lipinski definition) is 2. The summed E-state index contributed by atoms with van der Waals surface area (Å²) >= 11 is 0. The van der Waals surface area contributed by atoms with Gasteiger partial charge in [-0.1, -0.05) is 12.1 Å². The summed E-state index contributed by atoms with van der Waals surface area (Å²) in [5.41, 5.74) is 0.755. The Labute approximate surface area is 123 Å². The van der Waals surface area contributed by atoms with Crippen molar-refractivity contribution < 1.29 is 19.1 Å². The molecule has 0 saturated heterocycles. The van der Waals surface area contributed by atoms with E-state index in [0.717, 1.165) is 5.56 Å². The minimum atomic E-state index is -0.769. The van der Waals surface area contributed by atoms with Crippen molar-refractivity contribution in [3.05, 3.63) is 35.6 Å². The first-order valence-corrected chi connectivity index (χ1v) is 7.19. The summed E-state index contributed by atoms with van der Waals surface area (Å²) in [6.45, 7) is 0.370. The third kappa shape index (κ3) is 4.03. The molecule has 1 aliphatic carbocycles. The van der Waals surface area contributed by atoms with Gasteiger partial charge < -0.3 is 10.0 Å². The number of benzene rings is 1. The molecular formula is C16H20FNO3. The minimum Gasteiger partial charge on any atom is -0.481 e. The summed E-state index contributed by atoms with van der Waals surface area (Å²) in [5, 5.41) is 8.96. The fourth-order valence-electron chi connectivity index (χ4n) is 2.89. The number of carboxylic acids is 1. The number of carbonyl (C=O) groups excluding carboxylic acids is 1. The quantitative estimate of drug-likeness (QED) is 0.928. The molecule has 0 heterocycles. The summed E-state index contributed by atoms with van der Waals surface area (Å²) in [6.07, 6.45) is 2.34. The zero-order chi connectivity index (χ0) is 15.4. The van der Waals surface area contributed by atoms with Crippen LogP contribution < -0.4 is 0 Å². The number of halogens is 1. The molecule has 0 aromatic heterocycles. The van der Waals surface area contributed by atoms with Gasteiger partial charge in [0.05, 0.1) is 5.92 Å². The molecule has 1 aromatic rings. The van der Waals surface area contributed by atoms with Gasteiger partial charge in [-0.2, -0.15) is 0 Å². The normalized spacial score (nSPS) is 21.8. The Morgan fingerprint density at radius 2 is 1.86 bits per heavy atom. The van der Waals surface area contributed by atoms with E-state index in [9.17, 15) is 14.0 Å². The van der Waals surface area contributed by atoms with Crippen LogP contribution in [0.5, 0.6) is 0 Å². The zero-order valence-electron chi connectivity index (χ0n) is 12.1. The van der Waals surface area contributed by atoms with E-state index in [4.69, 9.17) is 5.11 Å². The van der Waals surface area contributed by atoms with Gasteiger partial charge in [-0.25, -0.2) is 4.39 Å². The lowest BCUT2D eigenvalue weighted by molar-refractivity contribution is -0.145. The van der Waals surface area contributed by atoms with Crippen molar-refractivity contribution in [1.29, 1.82) is 0 Å². The average molecular weight is 293 g/mol. The van der Waals surface area contributed by atoms with Crippen LogP contribution in [0.25, 0.3) is 0 Å². The molecule has 1 aromatic carbocycles. The van der Waals surface area contributed by atoms with Gasteiger partial charge in [-0.15, -0.1) is 0 Å². The summed E-state index contributed by atoms with van der Waals surface area (Å²) in [6, 6.07) is 6.21. The molecule has 0 radical (unpaired) electrons. The number of rotatable bonds is 4. The number of amides is 1. The van der Waals surface area contributed by atoms with E-state index in [-0.39, 0.29) is 23.6 Å². The number of carbonyl (C=O) groups is 2. The van der Waals surface area contributed by atoms with Gasteiger partial charge in [-0.05, 0) is 43.4 Å². The molecular weight excluding hydrogens is 273 g/mol. The molecule has 2 rings (SSSR count). The van der Waals surface area contributed by atoms with Crippen molar-refractivity contribution in [3.63, 3.8) is 0 Å². The molecule has 4 nitrogen and oxygen atoms in total. The predicted octanol–water partition coefficient (Wildman–Crippen LogP) is 2.68. The molecule has 0 atom stereocenters. The molecule has 1 aliphatic rings. The maximum Gasteiger partial charge on any atom is 0.306 e. The van der Waals surface area contributed by atoms with E-state index in [1.165, 1.54) is 12.1 Å². The second kappa shape index (κ2) is 6.70. The van der Waals surface area contributed by atoms with Crippen LogP contribution in [0.15, 0.2) is 24.3 Å². The van der Waals surface area contributed by atoms with Gasteiger partial charge in [0.15, 0.2) is 0 Å². The van der Waals surface area contributed by atoms with Gasteiger partial charge >= 0.3 is 5.97 Å². The Morgan fingerprint density at radius 1 is 1.24 bits per heavy atom. The molecule has 114 valence electrons. The van der Waals surface area contributed by atoms with E-state index < -0.39 is 5.97 Å². The van der Waals surface area contributed by atoms with Crippen molar-refractivity contribution in [2.45, 2.75) is 32.2 Å². The maximum absolute atomic E-state index is 13.1. The number of nitrogens with zero attached hydrogens (tertiary/aromatic N) is 1. The van der Waals surface area contributed by atoms with Gasteiger partial charge in [-0.3, -0.25) is 9.59 Å². The Bertz CT molecular complexity index is 524. The van der Waals surface area contributed by atoms with Crippen molar-refractivity contribution in [2.24, 2.45) is 11.8 Å². The summed E-state index contributed by atoms with van der Waals surface area (Å²) < 4.78 is 13.1. The van der Waals surface area contributed by atoms with Crippen LogP contribution in [0.4, 0.5) is 4.39 Å². The first-order chi connectivity index (χ1) is 9.97. The van der Waals surface area contributed by atoms with E-state index in [0.29, 0.717) is 32.2 Å². The van der Waals surface area contributed by atoms with Gasteiger partial charge in [0.1, 0.15) is 5.82 Å². The topological polar surface area (TPSA) is 57.6 Å². The maximum atomic E-state index is 13.1. The first kappa shape index (κ1) is 15.5. The minimum absolute atomic E-state index is 0.0168. The van der Waals surface area contributed by atoms with E-state index >= 15 is 0 Å². The standard InChI is InChI=1S/C16H20FNO3/c1-18(10-11-3-2-4-14(17)9-11)15(19)12-5-7-13(8-6-12)16(20)21/h2-4,9,12-13H,5-8,10H2,1H3,(H,20,21). The molecule has 1 N–H and O–H groups in total. The lowest BCUT2D eigenvalue weighted by Crippen LogP contribution is -2.35. The smallest absolute Gasteiger partial charge is 0.306 e. The first-order valence-electron chi connectivity index (χ1n) is 7.19. The second-order valence-corrected chi connectivity index (χ2v) is 5.71. The van der Waals surface area contributed by atoms with Crippen molar-refractivity contribution in [1.82, 2.24) is 4.90 Å². The highest BCUT2D eigenvalue weighted by Crippen LogP contribution is 2.30. The Balaban J connectivity index is 1.90. The Hall–Kier alpha value is -1.91. The summed E-state index contributed by atoms with van der Waals surface area (Å²) in [5.74, 6) is -1.49. The van der Waals surface area contributed by atoms with Gasteiger partial charge in [0.2, 0.25) is 5.91 Å². The number of carboxylic acid groups (broad SMARTS) is 1. The van der Waals surface area contributed by atoms with Crippen molar-refractivity contribution in [2.75, 3.05) is 7.05 Å². The summed E-state index contributed by atoms with van der Waals surface area (Å²) in [4.78, 5) is 24.9. The van der Waals surface area contributed by atoms with Gasteiger partial charge in [0.25, 0.3) is 0 Å². The predicted molar refractivity (Wildman–Crippen MR) is 76.0 cm³/mol. The molecule has 1 fully saturated rings. The van der Waals surface area contributed by atoms with Crippen molar-refractivity contribution >= 4 is 11.9 Å². The van der Waals surface area contributed by atoms with Crippen LogP contribution in [0, 0.1) is 17.7 Å². The Kier molecular flexibility index (Phi) is 4.94. The third-order valence-corrected chi connectivity index (χ3v) is 4.11. The third-order valence-electron chi connectivity index (χ3n) is 4.11. The highest BCUT2D eigenvalue weighted by molar-refractivity contribution is 5.79. The van der Waals surface area contributed by atoms with Crippen LogP contribution in [0.2, 0.25) is 0 Å². The second-order valence-electron chi connectivity index (χ2n) is 5.71. The molecule has 1 amide bonds. The van der Waals surface area contributed by atoms with Crippen LogP contribution in [-0.4, -0.2) is 28.9 Å². The number of hydrogen-bond donors (Lipinski definition) is 1. The number of aliphatic carboxylic acids is 1. The average Bonchev–Trinajstić information content (AvgIpc) is 2.46. The highest BCUT2D eigenvalue weighted by atomic mass is 19.1. The largest absolute Gasteiger partial charge is 0.481 e. The molecule has 21 heavy (non-hydrogen) atoms. The zero-order valence-corrected chi connectivity index (χ0v) is 12.1. The highest BCUT2D eigenvalue weighted by Gasteiger charge is 2.31. The lowest BCUT2D eigenvalue weighted by Gasteiger charge is -2.29. The van der Waals surface area contributed by atoms with E-state index in [1.54, 1.807) is 24.1 Å². The van der Waals surface area contributed by atoms with Crippen LogP contribution in [-0.2, 0) is 16.1 Å². The molecule has 0 spiro atoms. The Morgan fingerprint density at radius 3 is 2.43 bits per heavy atom. The van der Waals surface area contributed by atoms with E-state index in [2.05, 4.69) is 0 Å². The SMILES string of the molecule is CN(Cc1cccc(F)c1)C(=O)C1CCC(C(=O)O)CC1. The van der Waals surface area contributed by atoms with Crippen LogP contribution in [0.1, 0.15) is 31.2 Å². The van der Waals surface area contributed by atoms with E-state index in [1.807, 2.05) is 0 Å². The monoisotopic (exact) mass is 293 g/mol. The van der Waals surface area contributed by atoms with Crippen LogP contribution in [0.3, 0.4) is 0 Å².